The number of allylic oxidation sites excluding steroid dienone is 4. The number of para-hydroxylation sites is 1. The van der Waals surface area contributed by atoms with Gasteiger partial charge in [-0.15, -0.1) is 0 Å². The van der Waals surface area contributed by atoms with Crippen molar-refractivity contribution in [1.29, 1.82) is 0 Å². The molecular weight excluding hydrogens is 338 g/mol. The number of hydrogen-bond donors (Lipinski definition) is 4. The van der Waals surface area contributed by atoms with Crippen LogP contribution in [0.5, 0.6) is 11.5 Å². The molecule has 2 aromatic carbocycles. The van der Waals surface area contributed by atoms with E-state index in [2.05, 4.69) is 37.0 Å². The van der Waals surface area contributed by atoms with Crippen LogP contribution in [0.15, 0.2) is 72.1 Å². The number of aromatic hydroxyl groups is 2. The second kappa shape index (κ2) is 9.53. The number of H-pyrrole nitrogens is 1. The van der Waals surface area contributed by atoms with Gasteiger partial charge in [0, 0.05) is 23.5 Å². The lowest BCUT2D eigenvalue weighted by molar-refractivity contribution is 0.386. The summed E-state index contributed by atoms with van der Waals surface area (Å²) >= 11 is 0. The third-order valence-corrected chi connectivity index (χ3v) is 4.26. The smallest absolute Gasteiger partial charge is 0.157 e. The van der Waals surface area contributed by atoms with Crippen molar-refractivity contribution in [3.05, 3.63) is 83.3 Å². The molecule has 142 valence electrons. The van der Waals surface area contributed by atoms with Crippen molar-refractivity contribution in [2.75, 3.05) is 0 Å². The number of phenols is 2. The average molecular weight is 365 g/mol. The average Bonchev–Trinajstić information content (AvgIpc) is 3.04. The number of rotatable bonds is 0. The van der Waals surface area contributed by atoms with E-state index < -0.39 is 0 Å². The van der Waals surface area contributed by atoms with E-state index in [4.69, 9.17) is 15.3 Å². The Morgan fingerprint density at radius 3 is 2.11 bits per heavy atom. The monoisotopic (exact) mass is 365 g/mol. The standard InChI is InChI=1S/C9H9N.C7H8O2.C7H10O/c1-7-6-10-9-5-3-2-4-8(7)9;1-5-2-3-6(8)7(9)4-5;1-6-2-4-7(8)5-3-6/h2-6,10H,1H3;2-4,8-9H,1H3;2,4,8H,3,5H2,1H3. The zero-order valence-corrected chi connectivity index (χ0v) is 16.0. The maximum Gasteiger partial charge on any atom is 0.157 e. The minimum Gasteiger partial charge on any atom is -0.512 e. The minimum absolute atomic E-state index is 0.0602. The molecule has 4 heteroatoms. The topological polar surface area (TPSA) is 76.5 Å². The molecule has 0 saturated heterocycles. The van der Waals surface area contributed by atoms with Gasteiger partial charge in [0.05, 0.1) is 5.76 Å². The second-order valence-electron chi connectivity index (χ2n) is 6.68. The highest BCUT2D eigenvalue weighted by atomic mass is 16.3. The number of phenolic OH excluding ortho intramolecular Hbond substituents is 2. The highest BCUT2D eigenvalue weighted by molar-refractivity contribution is 5.82. The number of aryl methyl sites for hydroxylation is 2. The zero-order chi connectivity index (χ0) is 19.8. The van der Waals surface area contributed by atoms with Crippen LogP contribution in [0.4, 0.5) is 0 Å². The van der Waals surface area contributed by atoms with Crippen molar-refractivity contribution < 1.29 is 15.3 Å². The molecule has 4 N–H and O–H groups in total. The van der Waals surface area contributed by atoms with E-state index in [1.807, 2.05) is 25.3 Å². The Kier molecular flexibility index (Phi) is 7.12. The molecule has 0 saturated carbocycles. The molecule has 27 heavy (non-hydrogen) atoms. The molecule has 1 aliphatic rings. The predicted octanol–water partition coefficient (Wildman–Crippen LogP) is 6.05. The van der Waals surface area contributed by atoms with E-state index in [9.17, 15) is 0 Å². The largest absolute Gasteiger partial charge is 0.512 e. The van der Waals surface area contributed by atoms with Gasteiger partial charge in [-0.05, 0) is 62.6 Å². The Bertz CT molecular complexity index is 933. The van der Waals surface area contributed by atoms with Gasteiger partial charge in [-0.1, -0.05) is 35.9 Å². The van der Waals surface area contributed by atoms with Crippen LogP contribution in [0.2, 0.25) is 0 Å². The van der Waals surface area contributed by atoms with Gasteiger partial charge in [0.1, 0.15) is 0 Å². The van der Waals surface area contributed by atoms with Crippen LogP contribution >= 0.6 is 0 Å². The second-order valence-corrected chi connectivity index (χ2v) is 6.68. The molecule has 0 atom stereocenters. The Labute approximate surface area is 160 Å². The number of aromatic amines is 1. The van der Waals surface area contributed by atoms with Gasteiger partial charge in [-0.3, -0.25) is 0 Å². The Morgan fingerprint density at radius 1 is 0.815 bits per heavy atom. The van der Waals surface area contributed by atoms with Crippen LogP contribution < -0.4 is 0 Å². The maximum absolute atomic E-state index is 8.85. The first kappa shape index (κ1) is 20.2. The van der Waals surface area contributed by atoms with E-state index in [-0.39, 0.29) is 11.5 Å². The summed E-state index contributed by atoms with van der Waals surface area (Å²) < 4.78 is 0. The van der Waals surface area contributed by atoms with E-state index in [0.29, 0.717) is 5.76 Å². The van der Waals surface area contributed by atoms with Crippen molar-refractivity contribution in [2.45, 2.75) is 33.6 Å². The molecular formula is C23H27NO3. The summed E-state index contributed by atoms with van der Waals surface area (Å²) in [7, 11) is 0. The van der Waals surface area contributed by atoms with Crippen LogP contribution in [0, 0.1) is 13.8 Å². The van der Waals surface area contributed by atoms with Gasteiger partial charge in [0.25, 0.3) is 0 Å². The highest BCUT2D eigenvalue weighted by Crippen LogP contribution is 2.24. The summed E-state index contributed by atoms with van der Waals surface area (Å²) in [5, 5.41) is 27.8. The lowest BCUT2D eigenvalue weighted by Crippen LogP contribution is -1.88. The summed E-state index contributed by atoms with van der Waals surface area (Å²) in [5.41, 5.74) is 4.82. The third-order valence-electron chi connectivity index (χ3n) is 4.26. The van der Waals surface area contributed by atoms with E-state index in [1.54, 1.807) is 12.1 Å². The van der Waals surface area contributed by atoms with Crippen molar-refractivity contribution in [1.82, 2.24) is 4.98 Å². The van der Waals surface area contributed by atoms with Crippen molar-refractivity contribution in [2.24, 2.45) is 0 Å². The number of aromatic nitrogens is 1. The molecule has 0 amide bonds. The van der Waals surface area contributed by atoms with Crippen molar-refractivity contribution >= 4 is 10.9 Å². The van der Waals surface area contributed by atoms with Gasteiger partial charge in [-0.25, -0.2) is 0 Å². The normalized spacial score (nSPS) is 12.9. The minimum atomic E-state index is -0.0689. The number of aliphatic hydroxyl groups excluding tert-OH is 1. The molecule has 0 fully saturated rings. The molecule has 0 bridgehead atoms. The molecule has 3 aromatic rings. The third kappa shape index (κ3) is 6.26. The fourth-order valence-electron chi connectivity index (χ4n) is 2.58. The zero-order valence-electron chi connectivity index (χ0n) is 16.0. The quantitative estimate of drug-likeness (QED) is 0.366. The molecule has 1 aliphatic carbocycles. The van der Waals surface area contributed by atoms with Crippen molar-refractivity contribution in [3.63, 3.8) is 0 Å². The van der Waals surface area contributed by atoms with Crippen LogP contribution in [0.25, 0.3) is 10.9 Å². The highest BCUT2D eigenvalue weighted by Gasteiger charge is 1.98. The molecule has 0 spiro atoms. The van der Waals surface area contributed by atoms with E-state index >= 15 is 0 Å². The Hall–Kier alpha value is -3.14. The summed E-state index contributed by atoms with van der Waals surface area (Å²) in [4.78, 5) is 3.19. The first-order valence-corrected chi connectivity index (χ1v) is 8.93. The van der Waals surface area contributed by atoms with Crippen LogP contribution in [0.3, 0.4) is 0 Å². The maximum atomic E-state index is 8.85. The first-order valence-electron chi connectivity index (χ1n) is 8.93. The van der Waals surface area contributed by atoms with Crippen LogP contribution in [-0.2, 0) is 0 Å². The van der Waals surface area contributed by atoms with Crippen LogP contribution in [-0.4, -0.2) is 20.3 Å². The van der Waals surface area contributed by atoms with Gasteiger partial charge in [0.15, 0.2) is 11.5 Å². The van der Waals surface area contributed by atoms with Gasteiger partial charge in [-0.2, -0.15) is 0 Å². The number of benzene rings is 2. The molecule has 4 nitrogen and oxygen atoms in total. The summed E-state index contributed by atoms with van der Waals surface area (Å²) in [6.07, 6.45) is 7.59. The molecule has 0 aliphatic heterocycles. The van der Waals surface area contributed by atoms with Crippen LogP contribution in [0.1, 0.15) is 30.9 Å². The molecule has 0 unspecified atom stereocenters. The summed E-state index contributed by atoms with van der Waals surface area (Å²) in [6, 6.07) is 13.0. The lowest BCUT2D eigenvalue weighted by Gasteiger charge is -2.04. The number of hydrogen-bond acceptors (Lipinski definition) is 3. The predicted molar refractivity (Wildman–Crippen MR) is 111 cm³/mol. The number of aliphatic hydroxyl groups is 1. The van der Waals surface area contributed by atoms with Crippen molar-refractivity contribution in [3.8, 4) is 11.5 Å². The molecule has 1 aromatic heterocycles. The molecule has 1 heterocycles. The van der Waals surface area contributed by atoms with Gasteiger partial charge < -0.3 is 20.3 Å². The lowest BCUT2D eigenvalue weighted by atomic mass is 10.1. The summed E-state index contributed by atoms with van der Waals surface area (Å²) in [6.45, 7) is 6.03. The Balaban J connectivity index is 0.000000146. The Morgan fingerprint density at radius 2 is 1.56 bits per heavy atom. The van der Waals surface area contributed by atoms with E-state index in [0.717, 1.165) is 18.4 Å². The summed E-state index contributed by atoms with van der Waals surface area (Å²) in [5.74, 6) is 0.381. The fourth-order valence-corrected chi connectivity index (χ4v) is 2.58. The molecule has 0 radical (unpaired) electrons. The van der Waals surface area contributed by atoms with Gasteiger partial charge in [0.2, 0.25) is 0 Å². The SMILES string of the molecule is CC1=CC=C(O)CC1.Cc1c[nH]c2ccccc12.Cc1ccc(O)c(O)c1. The number of fused-ring (bicyclic) bond motifs is 1. The van der Waals surface area contributed by atoms with E-state index in [1.165, 1.54) is 34.2 Å². The molecule has 4 rings (SSSR count). The number of nitrogens with one attached hydrogen (secondary N) is 1. The van der Waals surface area contributed by atoms with Gasteiger partial charge >= 0.3 is 0 Å². The fraction of sp³-hybridized carbons (Fsp3) is 0.217. The first-order chi connectivity index (χ1) is 12.9.